The van der Waals surface area contributed by atoms with E-state index in [1.165, 1.54) is 16.4 Å². The zero-order valence-electron chi connectivity index (χ0n) is 15.5. The van der Waals surface area contributed by atoms with Crippen LogP contribution in [0.3, 0.4) is 0 Å². The van der Waals surface area contributed by atoms with Gasteiger partial charge in [0.15, 0.2) is 5.84 Å². The number of anilines is 1. The van der Waals surface area contributed by atoms with Gasteiger partial charge < -0.3 is 5.73 Å². The second kappa shape index (κ2) is 9.31. The summed E-state index contributed by atoms with van der Waals surface area (Å²) in [4.78, 5) is 0.195. The molecule has 0 aliphatic carbocycles. The summed E-state index contributed by atoms with van der Waals surface area (Å²) < 4.78 is 27.3. The third kappa shape index (κ3) is 6.13. The maximum Gasteiger partial charge on any atom is 0.243 e. The van der Waals surface area contributed by atoms with Gasteiger partial charge in [0, 0.05) is 13.1 Å². The summed E-state index contributed by atoms with van der Waals surface area (Å²) in [5, 5.41) is 19.7. The minimum Gasteiger partial charge on any atom is -0.382 e. The normalized spacial score (nSPS) is 12.5. The second-order valence-electron chi connectivity index (χ2n) is 6.73. The number of hydrogen-bond donors (Lipinski definition) is 3. The number of rotatable bonds is 9. The first kappa shape index (κ1) is 21.6. The fourth-order valence-electron chi connectivity index (χ4n) is 2.20. The third-order valence-corrected chi connectivity index (χ3v) is 5.13. The van der Waals surface area contributed by atoms with Crippen molar-refractivity contribution in [1.29, 1.82) is 10.7 Å². The zero-order valence-corrected chi connectivity index (χ0v) is 16.3. The highest BCUT2D eigenvalue weighted by molar-refractivity contribution is 7.89. The van der Waals surface area contributed by atoms with Gasteiger partial charge in [0.2, 0.25) is 15.7 Å². The molecule has 1 aromatic carbocycles. The first-order valence-corrected chi connectivity index (χ1v) is 9.70. The molecule has 0 unspecified atom stereocenters. The molecule has 8 nitrogen and oxygen atoms in total. The van der Waals surface area contributed by atoms with E-state index in [0.29, 0.717) is 18.8 Å². The summed E-state index contributed by atoms with van der Waals surface area (Å²) in [7, 11) is -3.59. The van der Waals surface area contributed by atoms with Gasteiger partial charge in [0.1, 0.15) is 6.07 Å². The largest absolute Gasteiger partial charge is 0.382 e. The average Bonchev–Trinajstić information content (AvgIpc) is 2.54. The van der Waals surface area contributed by atoms with Crippen molar-refractivity contribution in [1.82, 2.24) is 4.31 Å². The molecule has 0 aliphatic heterocycles. The quantitative estimate of drug-likeness (QED) is 0.344. The fraction of sp³-hybridized carbons (Fsp3) is 0.471. The number of hydrazone groups is 1. The van der Waals surface area contributed by atoms with Gasteiger partial charge in [0.05, 0.1) is 10.6 Å². The number of benzene rings is 1. The molecule has 0 spiro atoms. The van der Waals surface area contributed by atoms with Crippen LogP contribution in [0.5, 0.6) is 0 Å². The number of nitrogens with one attached hydrogen (secondary N) is 2. The highest BCUT2D eigenvalue weighted by Crippen LogP contribution is 2.20. The van der Waals surface area contributed by atoms with Gasteiger partial charge in [-0.1, -0.05) is 27.7 Å². The van der Waals surface area contributed by atoms with Gasteiger partial charge in [-0.3, -0.25) is 10.8 Å². The summed E-state index contributed by atoms with van der Waals surface area (Å²) >= 11 is 0. The SMILES string of the molecule is CC(C)CN(CC(C)C)S(=O)(=O)c1ccc(N/N=C(\C#N)C(=N)N)cc1. The number of nitrogens with two attached hydrogens (primary N) is 1. The number of sulfonamides is 1. The predicted octanol–water partition coefficient (Wildman–Crippen LogP) is 2.22. The minimum atomic E-state index is -3.59. The number of nitriles is 1. The lowest BCUT2D eigenvalue weighted by molar-refractivity contribution is 0.333. The van der Waals surface area contributed by atoms with Crippen LogP contribution in [0, 0.1) is 28.6 Å². The van der Waals surface area contributed by atoms with Crippen molar-refractivity contribution >= 4 is 27.3 Å². The Morgan fingerprint density at radius 1 is 1.23 bits per heavy atom. The van der Waals surface area contributed by atoms with Crippen LogP contribution in [-0.2, 0) is 10.0 Å². The van der Waals surface area contributed by atoms with Crippen molar-refractivity contribution in [3.05, 3.63) is 24.3 Å². The Hall–Kier alpha value is -2.44. The van der Waals surface area contributed by atoms with Crippen LogP contribution in [0.4, 0.5) is 5.69 Å². The van der Waals surface area contributed by atoms with Crippen LogP contribution in [0.15, 0.2) is 34.3 Å². The molecule has 4 N–H and O–H groups in total. The smallest absolute Gasteiger partial charge is 0.243 e. The highest BCUT2D eigenvalue weighted by atomic mass is 32.2. The Labute approximate surface area is 155 Å². The van der Waals surface area contributed by atoms with E-state index in [4.69, 9.17) is 16.4 Å². The number of nitrogens with zero attached hydrogens (tertiary/aromatic N) is 3. The molecule has 1 rings (SSSR count). The van der Waals surface area contributed by atoms with E-state index in [-0.39, 0.29) is 22.4 Å². The van der Waals surface area contributed by atoms with Gasteiger partial charge >= 0.3 is 0 Å². The Kier molecular flexibility index (Phi) is 7.74. The van der Waals surface area contributed by atoms with Crippen molar-refractivity contribution < 1.29 is 8.42 Å². The van der Waals surface area contributed by atoms with Crippen molar-refractivity contribution in [3.8, 4) is 6.07 Å². The summed E-state index contributed by atoms with van der Waals surface area (Å²) in [6.07, 6.45) is 0. The first-order valence-electron chi connectivity index (χ1n) is 8.26. The van der Waals surface area contributed by atoms with E-state index in [9.17, 15) is 8.42 Å². The van der Waals surface area contributed by atoms with E-state index < -0.39 is 15.9 Å². The van der Waals surface area contributed by atoms with Gasteiger partial charge in [-0.25, -0.2) is 8.42 Å². The van der Waals surface area contributed by atoms with Gasteiger partial charge in [-0.05, 0) is 36.1 Å². The Morgan fingerprint density at radius 2 is 1.73 bits per heavy atom. The van der Waals surface area contributed by atoms with Crippen LogP contribution >= 0.6 is 0 Å². The molecule has 1 aromatic rings. The fourth-order valence-corrected chi connectivity index (χ4v) is 3.97. The lowest BCUT2D eigenvalue weighted by Crippen LogP contribution is -2.37. The number of amidine groups is 1. The van der Waals surface area contributed by atoms with Gasteiger partial charge in [-0.2, -0.15) is 14.7 Å². The second-order valence-corrected chi connectivity index (χ2v) is 8.67. The first-order chi connectivity index (χ1) is 12.1. The standard InChI is InChI=1S/C17H26N6O2S/c1-12(2)10-23(11-13(3)4)26(24,25)15-7-5-14(6-8-15)21-22-16(9-18)17(19)20/h5-8,12-13,21H,10-11H2,1-4H3,(H3,19,20)/b22-16+. The van der Waals surface area contributed by atoms with Gasteiger partial charge in [0.25, 0.3) is 0 Å². The molecule has 0 aliphatic rings. The molecule has 0 amide bonds. The third-order valence-electron chi connectivity index (χ3n) is 3.29. The predicted molar refractivity (Wildman–Crippen MR) is 103 cm³/mol. The molecule has 0 heterocycles. The van der Waals surface area contributed by atoms with Crippen LogP contribution in [0.25, 0.3) is 0 Å². The molecule has 0 saturated heterocycles. The lowest BCUT2D eigenvalue weighted by atomic mass is 10.2. The minimum absolute atomic E-state index is 0.195. The van der Waals surface area contributed by atoms with E-state index in [1.54, 1.807) is 18.2 Å². The zero-order chi connectivity index (χ0) is 19.9. The van der Waals surface area contributed by atoms with Crippen LogP contribution < -0.4 is 11.2 Å². The summed E-state index contributed by atoms with van der Waals surface area (Å²) in [5.74, 6) is -0.0122. The molecule has 0 aromatic heterocycles. The summed E-state index contributed by atoms with van der Waals surface area (Å²) in [5.41, 5.74) is 8.03. The van der Waals surface area contributed by atoms with E-state index >= 15 is 0 Å². The van der Waals surface area contributed by atoms with E-state index in [2.05, 4.69) is 10.5 Å². The summed E-state index contributed by atoms with van der Waals surface area (Å²) in [6, 6.07) is 7.77. The van der Waals surface area contributed by atoms with Crippen LogP contribution in [0.1, 0.15) is 27.7 Å². The Morgan fingerprint density at radius 3 is 2.12 bits per heavy atom. The molecular formula is C17H26N6O2S. The molecule has 0 bridgehead atoms. The van der Waals surface area contributed by atoms with Crippen molar-refractivity contribution in [2.45, 2.75) is 32.6 Å². The number of hydrogen-bond acceptors (Lipinski definition) is 6. The van der Waals surface area contributed by atoms with Crippen LogP contribution in [0.2, 0.25) is 0 Å². The Bertz CT molecular complexity index is 782. The van der Waals surface area contributed by atoms with Crippen molar-refractivity contribution in [2.24, 2.45) is 22.7 Å². The summed E-state index contributed by atoms with van der Waals surface area (Å²) in [6.45, 7) is 8.83. The molecule has 0 saturated carbocycles. The maximum absolute atomic E-state index is 12.9. The van der Waals surface area contributed by atoms with Crippen molar-refractivity contribution in [2.75, 3.05) is 18.5 Å². The molecule has 9 heteroatoms. The van der Waals surface area contributed by atoms with E-state index in [0.717, 1.165) is 0 Å². The monoisotopic (exact) mass is 378 g/mol. The maximum atomic E-state index is 12.9. The lowest BCUT2D eigenvalue weighted by Gasteiger charge is -2.25. The topological polar surface area (TPSA) is 135 Å². The molecular weight excluding hydrogens is 352 g/mol. The molecule has 0 radical (unpaired) electrons. The average molecular weight is 379 g/mol. The highest BCUT2D eigenvalue weighted by Gasteiger charge is 2.25. The van der Waals surface area contributed by atoms with E-state index in [1.807, 2.05) is 27.7 Å². The Balaban J connectivity index is 3.04. The van der Waals surface area contributed by atoms with Crippen LogP contribution in [-0.4, -0.2) is 37.4 Å². The molecule has 142 valence electrons. The molecule has 0 fully saturated rings. The molecule has 26 heavy (non-hydrogen) atoms. The van der Waals surface area contributed by atoms with Crippen molar-refractivity contribution in [3.63, 3.8) is 0 Å². The molecule has 0 atom stereocenters. The van der Waals surface area contributed by atoms with Gasteiger partial charge in [-0.15, -0.1) is 0 Å².